The largest absolute Gasteiger partial charge is 0.372 e. The molecule has 0 saturated carbocycles. The van der Waals surface area contributed by atoms with Crippen LogP contribution in [0.25, 0.3) is 0 Å². The first-order chi connectivity index (χ1) is 15.2. The lowest BCUT2D eigenvalue weighted by Gasteiger charge is -2.25. The average molecular weight is 457 g/mol. The number of carbonyl (C=O) groups excluding carboxylic acids is 1. The van der Waals surface area contributed by atoms with E-state index in [1.807, 2.05) is 26.0 Å². The number of amidine groups is 1. The standard InChI is InChI=1S/C24H32N4O3S/c1-6-28(7-2)19-14-12-18(13-15-19)16-27(5)24(29)22(17(3)4)25-23-20-10-8-9-11-21(20)32(30,31)26-23/h8-15,17,22H,6-7,16H2,1-5H3,(H,25,26). The first-order valence-electron chi connectivity index (χ1n) is 11.0. The van der Waals surface area contributed by atoms with Gasteiger partial charge >= 0.3 is 0 Å². The molecule has 0 aromatic heterocycles. The number of hydrogen-bond donors (Lipinski definition) is 1. The summed E-state index contributed by atoms with van der Waals surface area (Å²) >= 11 is 0. The molecule has 1 amide bonds. The van der Waals surface area contributed by atoms with Crippen molar-refractivity contribution in [3.05, 3.63) is 59.7 Å². The third-order valence-corrected chi connectivity index (χ3v) is 7.07. The van der Waals surface area contributed by atoms with Gasteiger partial charge in [-0.1, -0.05) is 38.1 Å². The lowest BCUT2D eigenvalue weighted by atomic mass is 10.0. The van der Waals surface area contributed by atoms with E-state index < -0.39 is 16.1 Å². The predicted molar refractivity (Wildman–Crippen MR) is 128 cm³/mol. The number of rotatable bonds is 8. The molecule has 8 heteroatoms. The van der Waals surface area contributed by atoms with E-state index in [1.165, 1.54) is 0 Å². The van der Waals surface area contributed by atoms with Gasteiger partial charge in [0.1, 0.15) is 11.9 Å². The summed E-state index contributed by atoms with van der Waals surface area (Å²) in [5.74, 6) is -0.0201. The second-order valence-corrected chi connectivity index (χ2v) is 9.95. The van der Waals surface area contributed by atoms with Crippen molar-refractivity contribution in [2.75, 3.05) is 25.0 Å². The number of amides is 1. The molecule has 0 spiro atoms. The van der Waals surface area contributed by atoms with Crippen LogP contribution in [-0.2, 0) is 21.4 Å². The van der Waals surface area contributed by atoms with Crippen LogP contribution in [0.1, 0.15) is 38.8 Å². The Morgan fingerprint density at radius 3 is 2.25 bits per heavy atom. The Morgan fingerprint density at radius 1 is 1.03 bits per heavy atom. The van der Waals surface area contributed by atoms with Crippen molar-refractivity contribution < 1.29 is 13.2 Å². The molecule has 0 fully saturated rings. The number of fused-ring (bicyclic) bond motifs is 1. The van der Waals surface area contributed by atoms with Gasteiger partial charge in [-0.15, -0.1) is 0 Å². The van der Waals surface area contributed by atoms with E-state index in [0.717, 1.165) is 24.3 Å². The Bertz CT molecular complexity index is 1090. The lowest BCUT2D eigenvalue weighted by molar-refractivity contribution is -0.132. The van der Waals surface area contributed by atoms with Crippen molar-refractivity contribution in [2.45, 2.75) is 45.2 Å². The van der Waals surface area contributed by atoms with Crippen LogP contribution < -0.4 is 9.62 Å². The SMILES string of the molecule is CCN(CC)c1ccc(CN(C)C(=O)C(N=C2NS(=O)(=O)c3ccccc32)C(C)C)cc1. The minimum absolute atomic E-state index is 0.0974. The van der Waals surface area contributed by atoms with E-state index in [0.29, 0.717) is 12.1 Å². The maximum atomic E-state index is 13.3. The molecule has 1 atom stereocenters. The third kappa shape index (κ3) is 4.96. The summed E-state index contributed by atoms with van der Waals surface area (Å²) in [7, 11) is -1.89. The molecule has 0 aliphatic carbocycles. The van der Waals surface area contributed by atoms with E-state index in [1.54, 1.807) is 36.2 Å². The van der Waals surface area contributed by atoms with Crippen LogP contribution in [0.2, 0.25) is 0 Å². The van der Waals surface area contributed by atoms with Crippen LogP contribution in [0.3, 0.4) is 0 Å². The van der Waals surface area contributed by atoms with Crippen LogP contribution in [0.4, 0.5) is 5.69 Å². The fourth-order valence-electron chi connectivity index (χ4n) is 3.84. The molecule has 0 bridgehead atoms. The normalized spacial score (nSPS) is 16.5. The molecule has 2 aromatic carbocycles. The molecule has 2 aromatic rings. The predicted octanol–water partition coefficient (Wildman–Crippen LogP) is 3.25. The number of nitrogens with zero attached hydrogens (tertiary/aromatic N) is 3. The van der Waals surface area contributed by atoms with E-state index in [9.17, 15) is 13.2 Å². The Balaban J connectivity index is 1.79. The summed E-state index contributed by atoms with van der Waals surface area (Å²) in [4.78, 5) is 21.9. The Labute approximate surface area is 191 Å². The second-order valence-electron chi connectivity index (χ2n) is 8.30. The summed E-state index contributed by atoms with van der Waals surface area (Å²) in [5.41, 5.74) is 2.69. The average Bonchev–Trinajstić information content (AvgIpc) is 3.03. The topological polar surface area (TPSA) is 82.1 Å². The van der Waals surface area contributed by atoms with E-state index in [4.69, 9.17) is 0 Å². The zero-order valence-electron chi connectivity index (χ0n) is 19.4. The van der Waals surface area contributed by atoms with Crippen molar-refractivity contribution >= 4 is 27.5 Å². The van der Waals surface area contributed by atoms with Crippen molar-refractivity contribution in [3.8, 4) is 0 Å². The maximum absolute atomic E-state index is 13.3. The van der Waals surface area contributed by atoms with E-state index in [2.05, 4.69) is 40.6 Å². The quantitative estimate of drug-likeness (QED) is 0.661. The fraction of sp³-hybridized carbons (Fsp3) is 0.417. The highest BCUT2D eigenvalue weighted by Crippen LogP contribution is 2.24. The monoisotopic (exact) mass is 456 g/mol. The Hall–Kier alpha value is -2.87. The number of sulfonamides is 1. The summed E-state index contributed by atoms with van der Waals surface area (Å²) in [6, 6.07) is 14.2. The van der Waals surface area contributed by atoms with Gasteiger partial charge in [0.15, 0.2) is 0 Å². The summed E-state index contributed by atoms with van der Waals surface area (Å²) in [5, 5.41) is 0. The summed E-state index contributed by atoms with van der Waals surface area (Å²) < 4.78 is 27.3. The molecule has 1 heterocycles. The van der Waals surface area contributed by atoms with Crippen molar-refractivity contribution in [1.82, 2.24) is 9.62 Å². The molecule has 3 rings (SSSR count). The highest BCUT2D eigenvalue weighted by atomic mass is 32.2. The van der Waals surface area contributed by atoms with Crippen LogP contribution in [0, 0.1) is 5.92 Å². The molecule has 172 valence electrons. The van der Waals surface area contributed by atoms with Crippen LogP contribution in [0.5, 0.6) is 0 Å². The van der Waals surface area contributed by atoms with Gasteiger partial charge in [0.05, 0.1) is 4.90 Å². The minimum atomic E-state index is -3.65. The number of benzene rings is 2. The highest BCUT2D eigenvalue weighted by molar-refractivity contribution is 7.90. The Morgan fingerprint density at radius 2 is 1.66 bits per heavy atom. The molecule has 32 heavy (non-hydrogen) atoms. The second kappa shape index (κ2) is 9.73. The first-order valence-corrected chi connectivity index (χ1v) is 12.4. The number of nitrogens with one attached hydrogen (secondary N) is 1. The van der Waals surface area contributed by atoms with Gasteiger partial charge in [-0.05, 0) is 49.6 Å². The van der Waals surface area contributed by atoms with E-state index in [-0.39, 0.29) is 22.6 Å². The highest BCUT2D eigenvalue weighted by Gasteiger charge is 2.33. The van der Waals surface area contributed by atoms with Gasteiger partial charge in [-0.25, -0.2) is 8.42 Å². The maximum Gasteiger partial charge on any atom is 0.263 e. The van der Waals surface area contributed by atoms with Crippen LogP contribution in [-0.4, -0.2) is 51.2 Å². The van der Waals surface area contributed by atoms with E-state index >= 15 is 0 Å². The lowest BCUT2D eigenvalue weighted by Crippen LogP contribution is -2.39. The van der Waals surface area contributed by atoms with Gasteiger partial charge in [0, 0.05) is 37.9 Å². The summed E-state index contributed by atoms with van der Waals surface area (Å²) in [6.45, 7) is 10.4. The van der Waals surface area contributed by atoms with Crippen LogP contribution >= 0.6 is 0 Å². The number of anilines is 1. The summed E-state index contributed by atoms with van der Waals surface area (Å²) in [6.07, 6.45) is 0. The Kier molecular flexibility index (Phi) is 7.23. The molecular weight excluding hydrogens is 424 g/mol. The molecule has 0 saturated heterocycles. The number of aliphatic imine (C=N–C) groups is 1. The molecular formula is C24H32N4O3S. The molecule has 0 radical (unpaired) electrons. The minimum Gasteiger partial charge on any atom is -0.372 e. The van der Waals surface area contributed by atoms with Gasteiger partial charge < -0.3 is 9.80 Å². The number of hydrogen-bond acceptors (Lipinski definition) is 5. The zero-order valence-corrected chi connectivity index (χ0v) is 20.2. The third-order valence-electron chi connectivity index (χ3n) is 5.68. The van der Waals surface area contributed by atoms with Gasteiger partial charge in [-0.2, -0.15) is 0 Å². The van der Waals surface area contributed by atoms with Gasteiger partial charge in [-0.3, -0.25) is 14.5 Å². The van der Waals surface area contributed by atoms with Crippen molar-refractivity contribution in [2.24, 2.45) is 10.9 Å². The molecule has 1 aliphatic rings. The molecule has 1 N–H and O–H groups in total. The fourth-order valence-corrected chi connectivity index (χ4v) is 5.08. The van der Waals surface area contributed by atoms with Gasteiger partial charge in [0.2, 0.25) is 5.91 Å². The smallest absolute Gasteiger partial charge is 0.263 e. The molecule has 7 nitrogen and oxygen atoms in total. The van der Waals surface area contributed by atoms with Crippen molar-refractivity contribution in [1.29, 1.82) is 0 Å². The van der Waals surface area contributed by atoms with Crippen LogP contribution in [0.15, 0.2) is 58.4 Å². The van der Waals surface area contributed by atoms with Crippen molar-refractivity contribution in [3.63, 3.8) is 0 Å². The number of likely N-dealkylation sites (N-methyl/N-ethyl adjacent to an activating group) is 1. The number of carbonyl (C=O) groups is 1. The first kappa shape index (κ1) is 23.8. The van der Waals surface area contributed by atoms with Gasteiger partial charge in [0.25, 0.3) is 10.0 Å². The molecule has 1 aliphatic heterocycles. The molecule has 1 unspecified atom stereocenters. The zero-order chi connectivity index (χ0) is 23.5.